The van der Waals surface area contributed by atoms with E-state index in [9.17, 15) is 4.39 Å². The minimum absolute atomic E-state index is 0.191. The topological polar surface area (TPSA) is 98.1 Å². The second-order valence-corrected chi connectivity index (χ2v) is 5.78. The van der Waals surface area contributed by atoms with Gasteiger partial charge in [0.15, 0.2) is 5.65 Å². The standard InChI is InChI=1S/C17H11FN8/c18-13-5-14-10(2-1-3-19-14)4-11(13)9-26-17-16(24-25-26)20-8-15(23-17)12-6-21-22-7-12/h1-8H,9H2,(H,21,22). The van der Waals surface area contributed by atoms with Crippen LogP contribution in [0.2, 0.25) is 0 Å². The van der Waals surface area contributed by atoms with Crippen molar-refractivity contribution in [3.8, 4) is 11.3 Å². The van der Waals surface area contributed by atoms with E-state index < -0.39 is 0 Å². The molecule has 0 amide bonds. The van der Waals surface area contributed by atoms with Gasteiger partial charge in [0.25, 0.3) is 0 Å². The van der Waals surface area contributed by atoms with E-state index in [2.05, 4.69) is 35.5 Å². The minimum Gasteiger partial charge on any atom is -0.285 e. The molecule has 126 valence electrons. The lowest BCUT2D eigenvalue weighted by atomic mass is 10.1. The van der Waals surface area contributed by atoms with Crippen molar-refractivity contribution in [2.45, 2.75) is 6.54 Å². The van der Waals surface area contributed by atoms with E-state index in [0.29, 0.717) is 28.1 Å². The highest BCUT2D eigenvalue weighted by molar-refractivity contribution is 5.79. The summed E-state index contributed by atoms with van der Waals surface area (Å²) in [6.07, 6.45) is 6.62. The first-order chi connectivity index (χ1) is 12.8. The van der Waals surface area contributed by atoms with Crippen LogP contribution in [-0.4, -0.2) is 40.1 Å². The predicted octanol–water partition coefficient (Wildman–Crippen LogP) is 2.35. The van der Waals surface area contributed by atoms with Crippen LogP contribution in [0, 0.1) is 5.82 Å². The highest BCUT2D eigenvalue weighted by atomic mass is 19.1. The third-order valence-electron chi connectivity index (χ3n) is 4.11. The van der Waals surface area contributed by atoms with Crippen molar-refractivity contribution in [1.82, 2.24) is 40.1 Å². The van der Waals surface area contributed by atoms with Crippen molar-refractivity contribution in [3.05, 3.63) is 60.4 Å². The van der Waals surface area contributed by atoms with E-state index in [-0.39, 0.29) is 12.4 Å². The van der Waals surface area contributed by atoms with E-state index in [1.165, 1.54) is 10.7 Å². The molecule has 0 radical (unpaired) electrons. The number of aromatic amines is 1. The minimum atomic E-state index is -0.348. The largest absolute Gasteiger partial charge is 0.285 e. The first kappa shape index (κ1) is 14.6. The lowest BCUT2D eigenvalue weighted by Gasteiger charge is -2.06. The van der Waals surface area contributed by atoms with E-state index >= 15 is 0 Å². The van der Waals surface area contributed by atoms with Crippen molar-refractivity contribution in [2.24, 2.45) is 0 Å². The van der Waals surface area contributed by atoms with E-state index in [1.807, 2.05) is 12.1 Å². The van der Waals surface area contributed by atoms with Gasteiger partial charge in [0, 0.05) is 35.0 Å². The fraction of sp³-hybridized carbons (Fsp3) is 0.0588. The van der Waals surface area contributed by atoms with Gasteiger partial charge in [-0.3, -0.25) is 10.1 Å². The molecule has 0 saturated carbocycles. The maximum Gasteiger partial charge on any atom is 0.221 e. The highest BCUT2D eigenvalue weighted by Gasteiger charge is 2.13. The summed E-state index contributed by atoms with van der Waals surface area (Å²) in [7, 11) is 0. The molecule has 4 aromatic heterocycles. The second kappa shape index (κ2) is 5.66. The van der Waals surface area contributed by atoms with Gasteiger partial charge in [0.1, 0.15) is 5.82 Å². The molecule has 0 spiro atoms. The smallest absolute Gasteiger partial charge is 0.221 e. The third kappa shape index (κ3) is 2.37. The lowest BCUT2D eigenvalue weighted by molar-refractivity contribution is 0.583. The van der Waals surface area contributed by atoms with Gasteiger partial charge in [-0.25, -0.2) is 19.0 Å². The summed E-state index contributed by atoms with van der Waals surface area (Å²) in [5.41, 5.74) is 3.41. The van der Waals surface area contributed by atoms with Crippen molar-refractivity contribution in [2.75, 3.05) is 0 Å². The van der Waals surface area contributed by atoms with Gasteiger partial charge >= 0.3 is 0 Å². The molecule has 0 aliphatic rings. The van der Waals surface area contributed by atoms with Crippen LogP contribution in [-0.2, 0) is 6.54 Å². The van der Waals surface area contributed by atoms with E-state index in [4.69, 9.17) is 0 Å². The molecular weight excluding hydrogens is 335 g/mol. The first-order valence-corrected chi connectivity index (χ1v) is 7.86. The Bertz CT molecular complexity index is 1230. The summed E-state index contributed by atoms with van der Waals surface area (Å²) >= 11 is 0. The molecule has 9 heteroatoms. The van der Waals surface area contributed by atoms with Crippen LogP contribution in [0.1, 0.15) is 5.56 Å². The van der Waals surface area contributed by atoms with E-state index in [1.54, 1.807) is 30.9 Å². The number of rotatable bonds is 3. The second-order valence-electron chi connectivity index (χ2n) is 5.78. The molecule has 0 bridgehead atoms. The molecule has 0 aliphatic heterocycles. The molecule has 1 aromatic carbocycles. The van der Waals surface area contributed by atoms with Crippen molar-refractivity contribution < 1.29 is 4.39 Å². The van der Waals surface area contributed by atoms with Gasteiger partial charge in [-0.1, -0.05) is 11.3 Å². The van der Waals surface area contributed by atoms with Gasteiger partial charge in [-0.2, -0.15) is 5.10 Å². The number of pyridine rings is 1. The van der Waals surface area contributed by atoms with Gasteiger partial charge in [0.05, 0.1) is 30.1 Å². The fourth-order valence-corrected chi connectivity index (χ4v) is 2.82. The number of H-pyrrole nitrogens is 1. The summed E-state index contributed by atoms with van der Waals surface area (Å²) in [4.78, 5) is 13.0. The molecule has 5 rings (SSSR count). The van der Waals surface area contributed by atoms with Crippen molar-refractivity contribution >= 4 is 22.2 Å². The van der Waals surface area contributed by atoms with Crippen molar-refractivity contribution in [1.29, 1.82) is 0 Å². The maximum atomic E-state index is 14.5. The fourth-order valence-electron chi connectivity index (χ4n) is 2.82. The highest BCUT2D eigenvalue weighted by Crippen LogP contribution is 2.20. The monoisotopic (exact) mass is 346 g/mol. The molecule has 8 nitrogen and oxygen atoms in total. The number of nitrogens with zero attached hydrogens (tertiary/aromatic N) is 7. The Kier molecular flexibility index (Phi) is 3.17. The quantitative estimate of drug-likeness (QED) is 0.538. The number of hydrogen-bond acceptors (Lipinski definition) is 6. The van der Waals surface area contributed by atoms with Gasteiger partial charge in [0.2, 0.25) is 5.65 Å². The Morgan fingerprint density at radius 1 is 1.15 bits per heavy atom. The van der Waals surface area contributed by atoms with Crippen LogP contribution in [0.4, 0.5) is 4.39 Å². The zero-order valence-corrected chi connectivity index (χ0v) is 13.3. The molecule has 1 N–H and O–H groups in total. The molecule has 0 saturated heterocycles. The zero-order chi connectivity index (χ0) is 17.5. The Labute approximate surface area is 145 Å². The molecule has 0 fully saturated rings. The predicted molar refractivity (Wildman–Crippen MR) is 91.5 cm³/mol. The average Bonchev–Trinajstić information content (AvgIpc) is 3.32. The summed E-state index contributed by atoms with van der Waals surface area (Å²) in [5, 5.41) is 15.6. The van der Waals surface area contributed by atoms with E-state index in [0.717, 1.165) is 10.9 Å². The van der Waals surface area contributed by atoms with Gasteiger partial charge in [-0.15, -0.1) is 5.10 Å². The van der Waals surface area contributed by atoms with Gasteiger partial charge in [-0.05, 0) is 12.1 Å². The van der Waals surface area contributed by atoms with Crippen LogP contribution < -0.4 is 0 Å². The molecule has 4 heterocycles. The number of aromatic nitrogens is 8. The van der Waals surface area contributed by atoms with Crippen LogP contribution in [0.3, 0.4) is 0 Å². The SMILES string of the molecule is Fc1cc2ncccc2cc1Cn1nnc2ncc(-c3cn[nH]c3)nc21. The Morgan fingerprint density at radius 2 is 2.12 bits per heavy atom. The molecule has 0 atom stereocenters. The first-order valence-electron chi connectivity index (χ1n) is 7.86. The molecule has 0 unspecified atom stereocenters. The van der Waals surface area contributed by atoms with Gasteiger partial charge < -0.3 is 0 Å². The number of nitrogens with one attached hydrogen (secondary N) is 1. The van der Waals surface area contributed by atoms with Crippen LogP contribution in [0.5, 0.6) is 0 Å². The summed E-state index contributed by atoms with van der Waals surface area (Å²) in [6, 6.07) is 6.89. The zero-order valence-electron chi connectivity index (χ0n) is 13.3. The Morgan fingerprint density at radius 3 is 3.00 bits per heavy atom. The lowest BCUT2D eigenvalue weighted by Crippen LogP contribution is -2.05. The molecule has 26 heavy (non-hydrogen) atoms. The third-order valence-corrected chi connectivity index (χ3v) is 4.11. The average molecular weight is 346 g/mol. The van der Waals surface area contributed by atoms with Crippen LogP contribution in [0.15, 0.2) is 49.1 Å². The van der Waals surface area contributed by atoms with Crippen LogP contribution >= 0.6 is 0 Å². The Hall–Kier alpha value is -3.75. The summed E-state index contributed by atoms with van der Waals surface area (Å²) in [5.74, 6) is -0.348. The normalized spacial score (nSPS) is 11.4. The number of halogens is 1. The maximum absolute atomic E-state index is 14.5. The summed E-state index contributed by atoms with van der Waals surface area (Å²) < 4.78 is 16.0. The van der Waals surface area contributed by atoms with Crippen LogP contribution in [0.25, 0.3) is 33.5 Å². The molecular formula is C17H11FN8. The number of fused-ring (bicyclic) bond motifs is 2. The number of hydrogen-bond donors (Lipinski definition) is 1. The van der Waals surface area contributed by atoms with Crippen molar-refractivity contribution in [3.63, 3.8) is 0 Å². The Balaban J connectivity index is 1.59. The summed E-state index contributed by atoms with van der Waals surface area (Å²) in [6.45, 7) is 0.191. The molecule has 0 aliphatic carbocycles. The molecule has 5 aromatic rings. The number of benzene rings is 1.